The maximum Gasteiger partial charge on any atom is 0.265 e. The normalized spacial score (nSPS) is 14.5. The molecule has 0 aliphatic carbocycles. The van der Waals surface area contributed by atoms with E-state index >= 15 is 0 Å². The van der Waals surface area contributed by atoms with Gasteiger partial charge in [0.15, 0.2) is 6.61 Å². The molecule has 2 N–H and O–H groups in total. The SMILES string of the molecule is NCc1ccc2c(c1)N(CCCCl)C(=O)CO2. The Morgan fingerprint density at radius 3 is 3.00 bits per heavy atom. The molecule has 1 aromatic rings. The fourth-order valence-corrected chi connectivity index (χ4v) is 1.96. The molecule has 0 bridgehead atoms. The monoisotopic (exact) mass is 254 g/mol. The molecule has 2 rings (SSSR count). The number of ether oxygens (including phenoxy) is 1. The van der Waals surface area contributed by atoms with Crippen LogP contribution >= 0.6 is 11.6 Å². The van der Waals surface area contributed by atoms with E-state index < -0.39 is 0 Å². The maximum atomic E-state index is 11.8. The molecule has 0 saturated carbocycles. The number of nitrogens with two attached hydrogens (primary N) is 1. The summed E-state index contributed by atoms with van der Waals surface area (Å²) in [6, 6.07) is 5.67. The van der Waals surface area contributed by atoms with E-state index in [1.165, 1.54) is 0 Å². The molecular formula is C12H15ClN2O2. The van der Waals surface area contributed by atoms with Gasteiger partial charge < -0.3 is 15.4 Å². The van der Waals surface area contributed by atoms with Gasteiger partial charge in [-0.15, -0.1) is 11.6 Å². The van der Waals surface area contributed by atoms with Crippen molar-refractivity contribution < 1.29 is 9.53 Å². The Bertz CT molecular complexity index is 423. The van der Waals surface area contributed by atoms with Crippen LogP contribution in [-0.2, 0) is 11.3 Å². The Morgan fingerprint density at radius 2 is 2.29 bits per heavy atom. The van der Waals surface area contributed by atoms with Gasteiger partial charge in [-0.25, -0.2) is 0 Å². The number of carbonyl (C=O) groups excluding carboxylic acids is 1. The van der Waals surface area contributed by atoms with Crippen molar-refractivity contribution in [1.82, 2.24) is 0 Å². The second-order valence-corrected chi connectivity index (χ2v) is 4.26. The van der Waals surface area contributed by atoms with Crippen LogP contribution in [0.3, 0.4) is 0 Å². The summed E-state index contributed by atoms with van der Waals surface area (Å²) in [5.41, 5.74) is 7.38. The molecule has 1 heterocycles. The van der Waals surface area contributed by atoms with Crippen LogP contribution in [0.4, 0.5) is 5.69 Å². The standard InChI is InChI=1S/C12H15ClN2O2/c13-4-1-5-15-10-6-9(7-14)2-3-11(10)17-8-12(15)16/h2-3,6H,1,4-5,7-8,14H2. The highest BCUT2D eigenvalue weighted by molar-refractivity contribution is 6.17. The van der Waals surface area contributed by atoms with Crippen molar-refractivity contribution in [2.45, 2.75) is 13.0 Å². The number of hydrogen-bond acceptors (Lipinski definition) is 3. The van der Waals surface area contributed by atoms with Gasteiger partial charge in [0.2, 0.25) is 0 Å². The Hall–Kier alpha value is -1.26. The first-order valence-electron chi connectivity index (χ1n) is 5.58. The quantitative estimate of drug-likeness (QED) is 0.829. The van der Waals surface area contributed by atoms with E-state index in [1.807, 2.05) is 18.2 Å². The molecule has 0 aromatic heterocycles. The Kier molecular flexibility index (Phi) is 3.86. The second-order valence-electron chi connectivity index (χ2n) is 3.88. The van der Waals surface area contributed by atoms with Gasteiger partial charge in [-0.2, -0.15) is 0 Å². The maximum absolute atomic E-state index is 11.8. The Morgan fingerprint density at radius 1 is 1.47 bits per heavy atom. The number of amides is 1. The van der Waals surface area contributed by atoms with Crippen LogP contribution in [0.15, 0.2) is 18.2 Å². The summed E-state index contributed by atoms with van der Waals surface area (Å²) in [4.78, 5) is 13.5. The molecule has 0 saturated heterocycles. The smallest absolute Gasteiger partial charge is 0.265 e. The Balaban J connectivity index is 2.31. The topological polar surface area (TPSA) is 55.6 Å². The fraction of sp³-hybridized carbons (Fsp3) is 0.417. The zero-order valence-electron chi connectivity index (χ0n) is 9.49. The van der Waals surface area contributed by atoms with Crippen molar-refractivity contribution in [2.75, 3.05) is 23.9 Å². The minimum absolute atomic E-state index is 0.0308. The van der Waals surface area contributed by atoms with Crippen LogP contribution in [0.25, 0.3) is 0 Å². The van der Waals surface area contributed by atoms with Crippen molar-refractivity contribution in [1.29, 1.82) is 0 Å². The summed E-state index contributed by atoms with van der Waals surface area (Å²) in [5, 5.41) is 0. The third-order valence-corrected chi connectivity index (χ3v) is 2.98. The highest BCUT2D eigenvalue weighted by Crippen LogP contribution is 2.32. The molecule has 5 heteroatoms. The van der Waals surface area contributed by atoms with Gasteiger partial charge in [-0.05, 0) is 24.1 Å². The van der Waals surface area contributed by atoms with E-state index in [-0.39, 0.29) is 12.5 Å². The summed E-state index contributed by atoms with van der Waals surface area (Å²) >= 11 is 5.66. The lowest BCUT2D eigenvalue weighted by Gasteiger charge is -2.29. The molecule has 4 nitrogen and oxygen atoms in total. The number of benzene rings is 1. The van der Waals surface area contributed by atoms with Gasteiger partial charge in [0.25, 0.3) is 5.91 Å². The molecule has 1 aliphatic heterocycles. The van der Waals surface area contributed by atoms with Crippen LogP contribution in [0.2, 0.25) is 0 Å². The molecule has 0 radical (unpaired) electrons. The first-order valence-corrected chi connectivity index (χ1v) is 6.12. The molecule has 17 heavy (non-hydrogen) atoms. The summed E-state index contributed by atoms with van der Waals surface area (Å²) < 4.78 is 5.38. The summed E-state index contributed by atoms with van der Waals surface area (Å²) in [5.74, 6) is 1.24. The van der Waals surface area contributed by atoms with E-state index in [9.17, 15) is 4.79 Å². The van der Waals surface area contributed by atoms with E-state index in [0.29, 0.717) is 19.0 Å². The van der Waals surface area contributed by atoms with Crippen LogP contribution in [-0.4, -0.2) is 24.9 Å². The number of nitrogens with zero attached hydrogens (tertiary/aromatic N) is 1. The number of anilines is 1. The largest absolute Gasteiger partial charge is 0.482 e. The molecular weight excluding hydrogens is 240 g/mol. The van der Waals surface area contributed by atoms with Crippen LogP contribution < -0.4 is 15.4 Å². The van der Waals surface area contributed by atoms with Crippen molar-refractivity contribution in [3.63, 3.8) is 0 Å². The van der Waals surface area contributed by atoms with Gasteiger partial charge in [0.1, 0.15) is 5.75 Å². The first kappa shape index (κ1) is 12.2. The van der Waals surface area contributed by atoms with E-state index in [0.717, 1.165) is 23.4 Å². The third-order valence-electron chi connectivity index (χ3n) is 2.72. The van der Waals surface area contributed by atoms with Crippen molar-refractivity contribution >= 4 is 23.2 Å². The zero-order chi connectivity index (χ0) is 12.3. The highest BCUT2D eigenvalue weighted by Gasteiger charge is 2.24. The van der Waals surface area contributed by atoms with E-state index in [2.05, 4.69) is 0 Å². The molecule has 0 unspecified atom stereocenters. The third kappa shape index (κ3) is 2.53. The first-order chi connectivity index (χ1) is 8.26. The fourth-order valence-electron chi connectivity index (χ4n) is 1.84. The summed E-state index contributed by atoms with van der Waals surface area (Å²) in [7, 11) is 0. The average Bonchev–Trinajstić information content (AvgIpc) is 2.37. The minimum atomic E-state index is -0.0308. The second kappa shape index (κ2) is 5.38. The zero-order valence-corrected chi connectivity index (χ0v) is 10.2. The number of rotatable bonds is 4. The predicted octanol–water partition coefficient (Wildman–Crippen LogP) is 1.50. The molecule has 1 aromatic carbocycles. The lowest BCUT2D eigenvalue weighted by atomic mass is 10.1. The molecule has 0 atom stereocenters. The average molecular weight is 255 g/mol. The molecule has 1 aliphatic rings. The van der Waals surface area contributed by atoms with Crippen molar-refractivity contribution in [2.24, 2.45) is 5.73 Å². The van der Waals surface area contributed by atoms with E-state index in [4.69, 9.17) is 22.1 Å². The summed E-state index contributed by atoms with van der Waals surface area (Å²) in [6.07, 6.45) is 0.763. The number of hydrogen-bond donors (Lipinski definition) is 1. The predicted molar refractivity (Wildman–Crippen MR) is 67.5 cm³/mol. The van der Waals surface area contributed by atoms with E-state index in [1.54, 1.807) is 4.90 Å². The molecule has 0 spiro atoms. The Labute approximate surface area is 105 Å². The number of fused-ring (bicyclic) bond motifs is 1. The van der Waals surface area contributed by atoms with Crippen LogP contribution in [0.5, 0.6) is 5.75 Å². The van der Waals surface area contributed by atoms with Crippen molar-refractivity contribution in [3.8, 4) is 5.75 Å². The van der Waals surface area contributed by atoms with Gasteiger partial charge >= 0.3 is 0 Å². The number of alkyl halides is 1. The van der Waals surface area contributed by atoms with Gasteiger partial charge in [-0.1, -0.05) is 6.07 Å². The number of carbonyl (C=O) groups is 1. The van der Waals surface area contributed by atoms with Crippen LogP contribution in [0, 0.1) is 0 Å². The van der Waals surface area contributed by atoms with Crippen molar-refractivity contribution in [3.05, 3.63) is 23.8 Å². The lowest BCUT2D eigenvalue weighted by Crippen LogP contribution is -2.39. The molecule has 1 amide bonds. The molecule has 0 fully saturated rings. The van der Waals surface area contributed by atoms with Gasteiger partial charge in [-0.3, -0.25) is 4.79 Å². The highest BCUT2D eigenvalue weighted by atomic mass is 35.5. The minimum Gasteiger partial charge on any atom is -0.482 e. The molecule has 92 valence electrons. The van der Waals surface area contributed by atoms with Crippen LogP contribution in [0.1, 0.15) is 12.0 Å². The lowest BCUT2D eigenvalue weighted by molar-refractivity contribution is -0.121. The summed E-state index contributed by atoms with van der Waals surface area (Å²) in [6.45, 7) is 1.16. The number of halogens is 1. The van der Waals surface area contributed by atoms with Gasteiger partial charge in [0, 0.05) is 19.0 Å². The van der Waals surface area contributed by atoms with Gasteiger partial charge in [0.05, 0.1) is 5.69 Å².